The van der Waals surface area contributed by atoms with Crippen LogP contribution in [-0.4, -0.2) is 0 Å². The Morgan fingerprint density at radius 2 is 1.04 bits per heavy atom. The lowest BCUT2D eigenvalue weighted by Gasteiger charge is -2.19. The third-order valence-electron chi connectivity index (χ3n) is 5.03. The first-order valence-corrected chi connectivity index (χ1v) is 8.14. The van der Waals surface area contributed by atoms with Crippen LogP contribution in [-0.2, 0) is 0 Å². The SMILES string of the molecule is N#Cc1cc2ccc3oc4cc(C#N)cc5ccc6oc(c1)c2c3-c6c54. The second kappa shape index (κ2) is 4.33. The van der Waals surface area contributed by atoms with Crippen LogP contribution in [0.15, 0.2) is 57.4 Å². The van der Waals surface area contributed by atoms with Gasteiger partial charge in [-0.2, -0.15) is 10.5 Å². The Bertz CT molecular complexity index is 1430. The van der Waals surface area contributed by atoms with Gasteiger partial charge in [-0.1, -0.05) is 12.1 Å². The molecule has 0 spiro atoms. The van der Waals surface area contributed by atoms with Gasteiger partial charge in [0.2, 0.25) is 0 Å². The van der Waals surface area contributed by atoms with Gasteiger partial charge >= 0.3 is 0 Å². The molecule has 26 heavy (non-hydrogen) atoms. The summed E-state index contributed by atoms with van der Waals surface area (Å²) in [5, 5.41) is 22.4. The van der Waals surface area contributed by atoms with Crippen LogP contribution < -0.4 is 0 Å². The number of rotatable bonds is 0. The maximum Gasteiger partial charge on any atom is 0.137 e. The van der Waals surface area contributed by atoms with Gasteiger partial charge < -0.3 is 8.83 Å². The summed E-state index contributed by atoms with van der Waals surface area (Å²) in [5.41, 5.74) is 5.93. The predicted molar refractivity (Wildman–Crippen MR) is 98.2 cm³/mol. The fraction of sp³-hybridized carbons (Fsp3) is 0. The largest absolute Gasteiger partial charge is 0.456 e. The molecule has 0 radical (unpaired) electrons. The summed E-state index contributed by atoms with van der Waals surface area (Å²) in [4.78, 5) is 0. The summed E-state index contributed by atoms with van der Waals surface area (Å²) in [5.74, 6) is 0. The van der Waals surface area contributed by atoms with Crippen molar-refractivity contribution < 1.29 is 8.83 Å². The van der Waals surface area contributed by atoms with Gasteiger partial charge in [0.1, 0.15) is 22.3 Å². The molecule has 0 aromatic heterocycles. The van der Waals surface area contributed by atoms with Crippen LogP contribution >= 0.6 is 0 Å². The lowest BCUT2D eigenvalue weighted by molar-refractivity contribution is 0.646. The molecule has 0 bridgehead atoms. The molecule has 4 heteroatoms. The van der Waals surface area contributed by atoms with E-state index in [0.717, 1.165) is 43.8 Å². The normalized spacial score (nSPS) is 11.8. The van der Waals surface area contributed by atoms with E-state index in [1.807, 2.05) is 36.4 Å². The Morgan fingerprint density at radius 1 is 0.577 bits per heavy atom. The molecule has 4 nitrogen and oxygen atoms in total. The van der Waals surface area contributed by atoms with Gasteiger partial charge in [0, 0.05) is 21.9 Å². The van der Waals surface area contributed by atoms with Crippen molar-refractivity contribution >= 4 is 43.9 Å². The first-order valence-electron chi connectivity index (χ1n) is 8.14. The topological polar surface area (TPSA) is 73.9 Å². The summed E-state index contributed by atoms with van der Waals surface area (Å²) < 4.78 is 12.3. The first kappa shape index (κ1) is 13.3. The smallest absolute Gasteiger partial charge is 0.137 e. The van der Waals surface area contributed by atoms with Crippen LogP contribution in [0.4, 0.5) is 0 Å². The second-order valence-corrected chi connectivity index (χ2v) is 6.45. The molecule has 4 aromatic rings. The van der Waals surface area contributed by atoms with Crippen molar-refractivity contribution in [2.75, 3.05) is 0 Å². The highest BCUT2D eigenvalue weighted by Gasteiger charge is 2.24. The van der Waals surface area contributed by atoms with Crippen molar-refractivity contribution in [3.05, 3.63) is 59.7 Å². The Kier molecular flexibility index (Phi) is 2.21. The molecule has 2 aliphatic rings. The molecule has 6 rings (SSSR count). The van der Waals surface area contributed by atoms with Crippen molar-refractivity contribution in [1.29, 1.82) is 10.5 Å². The Labute approximate surface area is 146 Å². The third-order valence-corrected chi connectivity index (χ3v) is 5.03. The summed E-state index contributed by atoms with van der Waals surface area (Å²) in [6.45, 7) is 0. The summed E-state index contributed by atoms with van der Waals surface area (Å²) in [7, 11) is 0. The van der Waals surface area contributed by atoms with Crippen molar-refractivity contribution in [2.24, 2.45) is 0 Å². The van der Waals surface area contributed by atoms with Crippen molar-refractivity contribution in [3.8, 4) is 23.3 Å². The summed E-state index contributed by atoms with van der Waals surface area (Å²) >= 11 is 0. The van der Waals surface area contributed by atoms with E-state index in [0.29, 0.717) is 22.3 Å². The van der Waals surface area contributed by atoms with Crippen molar-refractivity contribution in [3.63, 3.8) is 0 Å². The molecule has 118 valence electrons. The minimum atomic E-state index is 0.563. The van der Waals surface area contributed by atoms with E-state index in [1.54, 1.807) is 12.1 Å². The van der Waals surface area contributed by atoms with Gasteiger partial charge in [0.05, 0.1) is 23.3 Å². The van der Waals surface area contributed by atoms with Crippen LogP contribution in [0.3, 0.4) is 0 Å². The van der Waals surface area contributed by atoms with E-state index in [9.17, 15) is 10.5 Å². The molecular formula is C22H8N2O2. The number of benzene rings is 4. The molecule has 0 amide bonds. The standard InChI is InChI=1S/C22H8N2O2/c23-9-11-5-13-1-3-15-21-19(13)17(7-11)26-16-4-2-14-6-12(10-24)8-18(25-15)20(14)22(16)21/h1-8H. The lowest BCUT2D eigenvalue weighted by Crippen LogP contribution is -1.95. The molecule has 0 unspecified atom stereocenters. The summed E-state index contributed by atoms with van der Waals surface area (Å²) in [6.07, 6.45) is 0. The van der Waals surface area contributed by atoms with Crippen LogP contribution in [0, 0.1) is 22.7 Å². The molecule has 0 aliphatic carbocycles. The number of hydrogen-bond donors (Lipinski definition) is 0. The van der Waals surface area contributed by atoms with Crippen LogP contribution in [0.2, 0.25) is 0 Å². The van der Waals surface area contributed by atoms with E-state index < -0.39 is 0 Å². The quantitative estimate of drug-likeness (QED) is 0.261. The highest BCUT2D eigenvalue weighted by molar-refractivity contribution is 6.23. The Morgan fingerprint density at radius 3 is 1.46 bits per heavy atom. The van der Waals surface area contributed by atoms with E-state index in [4.69, 9.17) is 8.83 Å². The van der Waals surface area contributed by atoms with Gasteiger partial charge in [0.15, 0.2) is 0 Å². The number of nitrogens with zero attached hydrogens (tertiary/aromatic N) is 2. The zero-order valence-corrected chi connectivity index (χ0v) is 13.3. The second-order valence-electron chi connectivity index (χ2n) is 6.45. The zero-order valence-electron chi connectivity index (χ0n) is 13.3. The predicted octanol–water partition coefficient (Wildman–Crippen LogP) is 5.77. The van der Waals surface area contributed by atoms with Gasteiger partial charge in [-0.3, -0.25) is 0 Å². The monoisotopic (exact) mass is 332 g/mol. The van der Waals surface area contributed by atoms with Crippen LogP contribution in [0.1, 0.15) is 11.1 Å². The van der Waals surface area contributed by atoms with Crippen LogP contribution in [0.5, 0.6) is 0 Å². The average Bonchev–Trinajstić information content (AvgIpc) is 2.69. The molecule has 0 fully saturated rings. The molecule has 0 N–H and O–H groups in total. The number of hydrogen-bond acceptors (Lipinski definition) is 4. The fourth-order valence-corrected chi connectivity index (χ4v) is 4.01. The Balaban J connectivity index is 1.98. The molecule has 2 aliphatic heterocycles. The van der Waals surface area contributed by atoms with Crippen molar-refractivity contribution in [1.82, 2.24) is 0 Å². The fourth-order valence-electron chi connectivity index (χ4n) is 4.01. The molecule has 0 saturated heterocycles. The Hall–Kier alpha value is -4.02. The van der Waals surface area contributed by atoms with E-state index in [1.165, 1.54) is 0 Å². The molecule has 0 saturated carbocycles. The molecule has 4 aromatic carbocycles. The number of nitriles is 2. The van der Waals surface area contributed by atoms with Gasteiger partial charge in [0.25, 0.3) is 0 Å². The summed E-state index contributed by atoms with van der Waals surface area (Å²) in [6, 6.07) is 19.3. The average molecular weight is 332 g/mol. The minimum absolute atomic E-state index is 0.563. The first-order chi connectivity index (χ1) is 12.8. The van der Waals surface area contributed by atoms with Gasteiger partial charge in [-0.25, -0.2) is 0 Å². The highest BCUT2D eigenvalue weighted by Crippen LogP contribution is 2.48. The molecule has 0 atom stereocenters. The highest BCUT2D eigenvalue weighted by atomic mass is 16.3. The van der Waals surface area contributed by atoms with Gasteiger partial charge in [-0.05, 0) is 47.2 Å². The van der Waals surface area contributed by atoms with Crippen molar-refractivity contribution in [2.45, 2.75) is 0 Å². The van der Waals surface area contributed by atoms with E-state index in [2.05, 4.69) is 12.1 Å². The van der Waals surface area contributed by atoms with Crippen LogP contribution in [0.25, 0.3) is 55.0 Å². The van der Waals surface area contributed by atoms with E-state index >= 15 is 0 Å². The third kappa shape index (κ3) is 1.47. The minimum Gasteiger partial charge on any atom is -0.456 e. The zero-order chi connectivity index (χ0) is 17.4. The molecular weight excluding hydrogens is 324 g/mol. The maximum absolute atomic E-state index is 9.30. The lowest BCUT2D eigenvalue weighted by atomic mass is 9.89. The van der Waals surface area contributed by atoms with Gasteiger partial charge in [-0.15, -0.1) is 0 Å². The molecule has 2 heterocycles. The van der Waals surface area contributed by atoms with E-state index in [-0.39, 0.29) is 0 Å². The maximum atomic E-state index is 9.30.